The summed E-state index contributed by atoms with van der Waals surface area (Å²) in [7, 11) is 0. The SMILES string of the molecule is O=C(O)c1cccc(OC(=O)c2ccccc2OCCc2ccccc2)c1. The summed E-state index contributed by atoms with van der Waals surface area (Å²) in [6, 6.07) is 22.5. The molecular weight excluding hydrogens is 344 g/mol. The van der Waals surface area contributed by atoms with Gasteiger partial charge >= 0.3 is 11.9 Å². The predicted octanol–water partition coefficient (Wildman–Crippen LogP) is 4.23. The standard InChI is InChI=1S/C22H18O5/c23-21(24)17-9-6-10-18(15-17)27-22(25)19-11-4-5-12-20(19)26-14-13-16-7-2-1-3-8-16/h1-12,15H,13-14H2,(H,23,24). The number of benzene rings is 3. The van der Waals surface area contributed by atoms with Crippen molar-refractivity contribution < 1.29 is 24.2 Å². The predicted molar refractivity (Wildman–Crippen MR) is 100 cm³/mol. The van der Waals surface area contributed by atoms with Crippen LogP contribution < -0.4 is 9.47 Å². The molecule has 3 aromatic carbocycles. The molecule has 0 radical (unpaired) electrons. The third-order valence-electron chi connectivity index (χ3n) is 3.89. The van der Waals surface area contributed by atoms with Gasteiger partial charge in [-0.1, -0.05) is 48.5 Å². The number of esters is 1. The summed E-state index contributed by atoms with van der Waals surface area (Å²) >= 11 is 0. The number of hydrogen-bond acceptors (Lipinski definition) is 4. The van der Waals surface area contributed by atoms with Crippen LogP contribution in [0.2, 0.25) is 0 Å². The smallest absolute Gasteiger partial charge is 0.347 e. The molecule has 1 N–H and O–H groups in total. The molecule has 0 aliphatic heterocycles. The lowest BCUT2D eigenvalue weighted by Crippen LogP contribution is -2.12. The number of carbonyl (C=O) groups is 2. The number of carboxylic acids is 1. The van der Waals surface area contributed by atoms with Crippen LogP contribution >= 0.6 is 0 Å². The van der Waals surface area contributed by atoms with Crippen molar-refractivity contribution in [2.75, 3.05) is 6.61 Å². The first-order chi connectivity index (χ1) is 13.1. The van der Waals surface area contributed by atoms with Crippen molar-refractivity contribution in [1.82, 2.24) is 0 Å². The van der Waals surface area contributed by atoms with E-state index < -0.39 is 11.9 Å². The van der Waals surface area contributed by atoms with E-state index in [0.29, 0.717) is 18.8 Å². The van der Waals surface area contributed by atoms with Crippen LogP contribution in [-0.4, -0.2) is 23.7 Å². The van der Waals surface area contributed by atoms with Gasteiger partial charge in [-0.2, -0.15) is 0 Å². The van der Waals surface area contributed by atoms with Gasteiger partial charge in [0.2, 0.25) is 0 Å². The van der Waals surface area contributed by atoms with Crippen LogP contribution in [0.1, 0.15) is 26.3 Å². The first-order valence-corrected chi connectivity index (χ1v) is 8.45. The van der Waals surface area contributed by atoms with Crippen LogP contribution in [0.15, 0.2) is 78.9 Å². The first kappa shape index (κ1) is 18.2. The molecule has 5 heteroatoms. The van der Waals surface area contributed by atoms with Crippen molar-refractivity contribution in [1.29, 1.82) is 0 Å². The Hall–Kier alpha value is -3.60. The van der Waals surface area contributed by atoms with Gasteiger partial charge in [-0.05, 0) is 35.9 Å². The molecule has 0 heterocycles. The van der Waals surface area contributed by atoms with E-state index in [9.17, 15) is 9.59 Å². The van der Waals surface area contributed by atoms with Gasteiger partial charge in [0.1, 0.15) is 17.1 Å². The summed E-state index contributed by atoms with van der Waals surface area (Å²) in [6.45, 7) is 0.419. The first-order valence-electron chi connectivity index (χ1n) is 8.45. The summed E-state index contributed by atoms with van der Waals surface area (Å²) in [5, 5.41) is 9.04. The summed E-state index contributed by atoms with van der Waals surface area (Å²) in [4.78, 5) is 23.5. The Labute approximate surface area is 156 Å². The molecule has 0 fully saturated rings. The van der Waals surface area contributed by atoms with Gasteiger partial charge in [-0.25, -0.2) is 9.59 Å². The van der Waals surface area contributed by atoms with Gasteiger partial charge in [0.05, 0.1) is 12.2 Å². The van der Waals surface area contributed by atoms with E-state index in [1.165, 1.54) is 24.3 Å². The van der Waals surface area contributed by atoms with Crippen molar-refractivity contribution in [2.24, 2.45) is 0 Å². The highest BCUT2D eigenvalue weighted by molar-refractivity contribution is 5.94. The lowest BCUT2D eigenvalue weighted by molar-refractivity contribution is 0.0686. The van der Waals surface area contributed by atoms with E-state index in [-0.39, 0.29) is 16.9 Å². The largest absolute Gasteiger partial charge is 0.492 e. The molecule has 0 spiro atoms. The average molecular weight is 362 g/mol. The molecule has 0 atom stereocenters. The second-order valence-corrected chi connectivity index (χ2v) is 5.80. The molecule has 0 aliphatic rings. The minimum atomic E-state index is -1.09. The Kier molecular flexibility index (Phi) is 5.84. The molecule has 0 unspecified atom stereocenters. The third kappa shape index (κ3) is 4.95. The Morgan fingerprint density at radius 2 is 1.59 bits per heavy atom. The fourth-order valence-electron chi connectivity index (χ4n) is 2.54. The molecule has 0 amide bonds. The van der Waals surface area contributed by atoms with E-state index in [4.69, 9.17) is 14.6 Å². The van der Waals surface area contributed by atoms with Gasteiger partial charge in [-0.3, -0.25) is 0 Å². The van der Waals surface area contributed by atoms with Gasteiger partial charge in [0, 0.05) is 6.42 Å². The van der Waals surface area contributed by atoms with E-state index >= 15 is 0 Å². The van der Waals surface area contributed by atoms with Gasteiger partial charge in [0.15, 0.2) is 0 Å². The molecule has 0 saturated carbocycles. The van der Waals surface area contributed by atoms with Crippen molar-refractivity contribution in [3.63, 3.8) is 0 Å². The zero-order valence-corrected chi connectivity index (χ0v) is 14.5. The maximum atomic E-state index is 12.5. The van der Waals surface area contributed by atoms with Crippen molar-refractivity contribution >= 4 is 11.9 Å². The molecule has 0 aromatic heterocycles. The summed E-state index contributed by atoms with van der Waals surface area (Å²) < 4.78 is 11.1. The minimum Gasteiger partial charge on any atom is -0.492 e. The summed E-state index contributed by atoms with van der Waals surface area (Å²) in [6.07, 6.45) is 0.713. The summed E-state index contributed by atoms with van der Waals surface area (Å²) in [5.74, 6) is -1.10. The van der Waals surface area contributed by atoms with E-state index in [1.807, 2.05) is 30.3 Å². The Balaban J connectivity index is 1.68. The number of aromatic carboxylic acids is 1. The average Bonchev–Trinajstić information content (AvgIpc) is 2.69. The fourth-order valence-corrected chi connectivity index (χ4v) is 2.54. The van der Waals surface area contributed by atoms with Crippen molar-refractivity contribution in [3.05, 3.63) is 95.6 Å². The Bertz CT molecular complexity index is 934. The van der Waals surface area contributed by atoms with Gasteiger partial charge in [0.25, 0.3) is 0 Å². The number of carboxylic acid groups (broad SMARTS) is 1. The number of hydrogen-bond donors (Lipinski definition) is 1. The Morgan fingerprint density at radius 3 is 2.37 bits per heavy atom. The molecule has 0 aliphatic carbocycles. The van der Waals surface area contributed by atoms with Crippen LogP contribution in [-0.2, 0) is 6.42 Å². The molecular formula is C22H18O5. The highest BCUT2D eigenvalue weighted by atomic mass is 16.5. The van der Waals surface area contributed by atoms with E-state index in [1.54, 1.807) is 24.3 Å². The molecule has 27 heavy (non-hydrogen) atoms. The Morgan fingerprint density at radius 1 is 0.852 bits per heavy atom. The van der Waals surface area contributed by atoms with Gasteiger partial charge < -0.3 is 14.6 Å². The zero-order valence-electron chi connectivity index (χ0n) is 14.5. The normalized spacial score (nSPS) is 10.2. The monoisotopic (exact) mass is 362 g/mol. The lowest BCUT2D eigenvalue weighted by atomic mass is 10.1. The summed E-state index contributed by atoms with van der Waals surface area (Å²) in [5.41, 5.74) is 1.47. The molecule has 136 valence electrons. The maximum Gasteiger partial charge on any atom is 0.347 e. The molecule has 3 rings (SSSR count). The maximum absolute atomic E-state index is 12.5. The quantitative estimate of drug-likeness (QED) is 0.503. The second-order valence-electron chi connectivity index (χ2n) is 5.80. The van der Waals surface area contributed by atoms with Crippen LogP contribution in [0.25, 0.3) is 0 Å². The van der Waals surface area contributed by atoms with E-state index in [0.717, 1.165) is 5.56 Å². The van der Waals surface area contributed by atoms with Crippen LogP contribution in [0.3, 0.4) is 0 Å². The molecule has 0 bridgehead atoms. The zero-order chi connectivity index (χ0) is 19.1. The topological polar surface area (TPSA) is 72.8 Å². The van der Waals surface area contributed by atoms with Crippen molar-refractivity contribution in [2.45, 2.75) is 6.42 Å². The number of carbonyl (C=O) groups excluding carboxylic acids is 1. The highest BCUT2D eigenvalue weighted by Crippen LogP contribution is 2.22. The lowest BCUT2D eigenvalue weighted by Gasteiger charge is -2.11. The fraction of sp³-hybridized carbons (Fsp3) is 0.0909. The van der Waals surface area contributed by atoms with E-state index in [2.05, 4.69) is 0 Å². The van der Waals surface area contributed by atoms with Crippen LogP contribution in [0, 0.1) is 0 Å². The molecule has 0 saturated heterocycles. The number of para-hydroxylation sites is 1. The molecule has 3 aromatic rings. The second kappa shape index (κ2) is 8.67. The van der Waals surface area contributed by atoms with Crippen molar-refractivity contribution in [3.8, 4) is 11.5 Å². The van der Waals surface area contributed by atoms with Crippen LogP contribution in [0.5, 0.6) is 11.5 Å². The van der Waals surface area contributed by atoms with Gasteiger partial charge in [-0.15, -0.1) is 0 Å². The number of rotatable bonds is 7. The highest BCUT2D eigenvalue weighted by Gasteiger charge is 2.15. The molecule has 5 nitrogen and oxygen atoms in total. The number of ether oxygens (including phenoxy) is 2. The minimum absolute atomic E-state index is 0.0488. The van der Waals surface area contributed by atoms with Crippen LogP contribution in [0.4, 0.5) is 0 Å². The third-order valence-corrected chi connectivity index (χ3v) is 3.89.